The summed E-state index contributed by atoms with van der Waals surface area (Å²) in [7, 11) is -9.96. The first-order valence-corrected chi connectivity index (χ1v) is 39.8. The van der Waals surface area contributed by atoms with Crippen LogP contribution in [-0.4, -0.2) is 96.7 Å². The first kappa shape index (κ1) is 90.2. The molecule has 0 aliphatic carbocycles. The number of aliphatic hydroxyl groups excluding tert-OH is 1. The van der Waals surface area contributed by atoms with Crippen molar-refractivity contribution in [1.29, 1.82) is 0 Å². The number of ether oxygens (including phenoxy) is 4. The Hall–Kier alpha value is -3.76. The summed E-state index contributed by atoms with van der Waals surface area (Å²) in [5, 5.41) is 10.6. The molecule has 3 N–H and O–H groups in total. The number of esters is 4. The van der Waals surface area contributed by atoms with Crippen molar-refractivity contribution >= 4 is 39.5 Å². The molecule has 0 aromatic carbocycles. The number of hydrogen-bond acceptors (Lipinski definition) is 15. The molecular formula is C75H132O17P2. The Balaban J connectivity index is 5.37. The van der Waals surface area contributed by atoms with E-state index >= 15 is 0 Å². The molecule has 0 aliphatic heterocycles. The van der Waals surface area contributed by atoms with Gasteiger partial charge in [-0.3, -0.25) is 37.3 Å². The maximum atomic E-state index is 13.0. The number of phosphoric ester groups is 2. The van der Waals surface area contributed by atoms with Crippen molar-refractivity contribution in [3.63, 3.8) is 0 Å². The second-order valence-electron chi connectivity index (χ2n) is 24.5. The lowest BCUT2D eigenvalue weighted by molar-refractivity contribution is -0.161. The minimum absolute atomic E-state index is 0.0664. The third kappa shape index (κ3) is 66.8. The van der Waals surface area contributed by atoms with Gasteiger partial charge in [0.25, 0.3) is 0 Å². The van der Waals surface area contributed by atoms with Crippen LogP contribution in [0.3, 0.4) is 0 Å². The highest BCUT2D eigenvalue weighted by Gasteiger charge is 2.30. The summed E-state index contributed by atoms with van der Waals surface area (Å²) in [6, 6.07) is 0. The lowest BCUT2D eigenvalue weighted by Crippen LogP contribution is -2.30. The standard InChI is InChI=1S/C75H132O17P2/c1-5-9-13-17-21-25-29-32-34-37-40-43-47-51-55-59-72(77)85-65-70(91-74(79)61-57-53-49-45-39-28-24-20-16-12-8-4)67-89-93(81,82)87-63-69(76)64-88-94(83,84)90-68-71(92-75(80)62-58-54-50-46-42-36-31-27-23-19-15-11-7-3)66-86-73(78)60-56-52-48-44-41-38-35-33-30-26-22-18-14-10-6-2/h10,14,20,22,24,26-27,31,33,35,41,44,52,56,69-71,76H,5-9,11-13,15-19,21,23,25,28-30,32,34,36-40,42-43,45-51,53-55,57-68H2,1-4H3,(H,81,82)(H,83,84)/b14-10-,24-20-,26-22-,31-27-,35-33-,44-41-,56-52-. The second-order valence-corrected chi connectivity index (χ2v) is 27.4. The zero-order valence-electron chi connectivity index (χ0n) is 59.1. The normalized spacial score (nSPS) is 14.5. The van der Waals surface area contributed by atoms with E-state index in [-0.39, 0.29) is 25.7 Å². The average molecular weight is 1370 g/mol. The molecule has 544 valence electrons. The van der Waals surface area contributed by atoms with Crippen LogP contribution in [0, 0.1) is 0 Å². The van der Waals surface area contributed by atoms with Crippen molar-refractivity contribution in [3.8, 4) is 0 Å². The van der Waals surface area contributed by atoms with Gasteiger partial charge in [-0.15, -0.1) is 0 Å². The van der Waals surface area contributed by atoms with Crippen molar-refractivity contribution in [2.24, 2.45) is 0 Å². The van der Waals surface area contributed by atoms with Gasteiger partial charge < -0.3 is 33.8 Å². The highest BCUT2D eigenvalue weighted by Crippen LogP contribution is 2.45. The van der Waals surface area contributed by atoms with Crippen molar-refractivity contribution in [1.82, 2.24) is 0 Å². The average Bonchev–Trinajstić information content (AvgIpc) is 1.55. The van der Waals surface area contributed by atoms with Crippen molar-refractivity contribution < 1.29 is 80.2 Å². The monoisotopic (exact) mass is 1370 g/mol. The number of allylic oxidation sites excluding steroid dienone is 13. The van der Waals surface area contributed by atoms with Crippen LogP contribution in [-0.2, 0) is 65.4 Å². The molecule has 94 heavy (non-hydrogen) atoms. The molecule has 17 nitrogen and oxygen atoms in total. The number of carbonyl (C=O) groups excluding carboxylic acids is 4. The summed E-state index contributed by atoms with van der Waals surface area (Å²) in [4.78, 5) is 72.6. The third-order valence-corrected chi connectivity index (χ3v) is 17.3. The van der Waals surface area contributed by atoms with Gasteiger partial charge in [0, 0.05) is 19.3 Å². The van der Waals surface area contributed by atoms with Crippen LogP contribution in [0.4, 0.5) is 0 Å². The van der Waals surface area contributed by atoms with Gasteiger partial charge in [0.05, 0.1) is 32.8 Å². The maximum Gasteiger partial charge on any atom is 0.472 e. The Labute approximate surface area is 570 Å². The Morgan fingerprint density at radius 3 is 0.979 bits per heavy atom. The van der Waals surface area contributed by atoms with E-state index in [0.29, 0.717) is 25.7 Å². The van der Waals surface area contributed by atoms with E-state index in [9.17, 15) is 43.2 Å². The molecule has 0 rings (SSSR count). The summed E-state index contributed by atoms with van der Waals surface area (Å²) in [6.07, 6.45) is 67.6. The fraction of sp³-hybridized carbons (Fsp3) is 0.760. The van der Waals surface area contributed by atoms with Crippen LogP contribution in [0.25, 0.3) is 0 Å². The Kier molecular flexibility index (Phi) is 65.1. The molecule has 0 heterocycles. The van der Waals surface area contributed by atoms with Crippen molar-refractivity contribution in [2.75, 3.05) is 39.6 Å². The van der Waals surface area contributed by atoms with Crippen LogP contribution in [0.2, 0.25) is 0 Å². The van der Waals surface area contributed by atoms with Crippen LogP contribution in [0.15, 0.2) is 85.1 Å². The summed E-state index contributed by atoms with van der Waals surface area (Å²) < 4.78 is 68.2. The van der Waals surface area contributed by atoms with Gasteiger partial charge in [0.15, 0.2) is 12.2 Å². The van der Waals surface area contributed by atoms with E-state index < -0.39 is 97.5 Å². The smallest absolute Gasteiger partial charge is 0.462 e. The SMILES string of the molecule is CC/C=C\C/C=C\C/C=C\C/C=C\C/C=C\CC(=O)OCC(COP(=O)(O)OCC(O)COP(=O)(O)OCC(COC(=O)CCCCCCCCCCCCCCCCC)OC(=O)CCCCCCC/C=C\CCCC)OC(=O)CCCCCCC/C=C\CCCCCC. The third-order valence-electron chi connectivity index (χ3n) is 15.4. The van der Waals surface area contributed by atoms with Gasteiger partial charge in [-0.25, -0.2) is 9.13 Å². The fourth-order valence-electron chi connectivity index (χ4n) is 9.74. The summed E-state index contributed by atoms with van der Waals surface area (Å²) in [5.74, 6) is -2.33. The lowest BCUT2D eigenvalue weighted by Gasteiger charge is -2.21. The molecular weight excluding hydrogens is 1230 g/mol. The van der Waals surface area contributed by atoms with Gasteiger partial charge in [0.1, 0.15) is 19.3 Å². The molecule has 5 unspecified atom stereocenters. The first-order valence-electron chi connectivity index (χ1n) is 36.8. The Morgan fingerprint density at radius 2 is 0.606 bits per heavy atom. The van der Waals surface area contributed by atoms with Crippen molar-refractivity contribution in [3.05, 3.63) is 85.1 Å². The lowest BCUT2D eigenvalue weighted by atomic mass is 10.0. The van der Waals surface area contributed by atoms with Crippen molar-refractivity contribution in [2.45, 2.75) is 329 Å². The Bertz CT molecular complexity index is 2120. The molecule has 0 amide bonds. The highest BCUT2D eigenvalue weighted by molar-refractivity contribution is 7.47. The second kappa shape index (κ2) is 67.8. The molecule has 0 saturated heterocycles. The number of aliphatic hydroxyl groups is 1. The molecule has 0 saturated carbocycles. The van der Waals surface area contributed by atoms with Crippen LogP contribution in [0.5, 0.6) is 0 Å². The number of hydrogen-bond donors (Lipinski definition) is 3. The van der Waals surface area contributed by atoms with Crippen LogP contribution < -0.4 is 0 Å². The van der Waals surface area contributed by atoms with Gasteiger partial charge in [0.2, 0.25) is 0 Å². The van der Waals surface area contributed by atoms with Crippen LogP contribution in [0.1, 0.15) is 310 Å². The summed E-state index contributed by atoms with van der Waals surface area (Å²) >= 11 is 0. The zero-order chi connectivity index (χ0) is 69.0. The Morgan fingerprint density at radius 1 is 0.319 bits per heavy atom. The number of unbranched alkanes of at least 4 members (excludes halogenated alkanes) is 30. The van der Waals surface area contributed by atoms with Crippen LogP contribution >= 0.6 is 15.6 Å². The summed E-state index contributed by atoms with van der Waals surface area (Å²) in [5.41, 5.74) is 0. The van der Waals surface area contributed by atoms with E-state index in [2.05, 4.69) is 88.5 Å². The molecule has 0 spiro atoms. The largest absolute Gasteiger partial charge is 0.472 e. The van der Waals surface area contributed by atoms with E-state index in [4.69, 9.17) is 37.0 Å². The predicted octanol–water partition coefficient (Wildman–Crippen LogP) is 20.7. The molecule has 0 radical (unpaired) electrons. The maximum absolute atomic E-state index is 13.0. The van der Waals surface area contributed by atoms with Gasteiger partial charge in [-0.2, -0.15) is 0 Å². The number of rotatable bonds is 69. The minimum Gasteiger partial charge on any atom is -0.462 e. The molecule has 0 aliphatic rings. The molecule has 19 heteroatoms. The van der Waals surface area contributed by atoms with E-state index in [0.717, 1.165) is 122 Å². The van der Waals surface area contributed by atoms with E-state index in [1.807, 2.05) is 18.2 Å². The summed E-state index contributed by atoms with van der Waals surface area (Å²) in [6.45, 7) is 4.59. The molecule has 0 aromatic heterocycles. The molecule has 5 atom stereocenters. The number of phosphoric acid groups is 2. The zero-order valence-corrected chi connectivity index (χ0v) is 60.9. The number of carbonyl (C=O) groups is 4. The topological polar surface area (TPSA) is 237 Å². The minimum atomic E-state index is -4.99. The fourth-order valence-corrected chi connectivity index (χ4v) is 11.3. The molecule has 0 fully saturated rings. The quantitative estimate of drug-likeness (QED) is 0.0169. The van der Waals surface area contributed by atoms with E-state index in [1.165, 1.54) is 109 Å². The highest BCUT2D eigenvalue weighted by atomic mass is 31.2. The van der Waals surface area contributed by atoms with Gasteiger partial charge in [-0.1, -0.05) is 273 Å². The van der Waals surface area contributed by atoms with Gasteiger partial charge >= 0.3 is 39.5 Å². The predicted molar refractivity (Wildman–Crippen MR) is 381 cm³/mol. The first-order chi connectivity index (χ1) is 45.7. The molecule has 0 bridgehead atoms. The van der Waals surface area contributed by atoms with Gasteiger partial charge in [-0.05, 0) is 96.3 Å². The van der Waals surface area contributed by atoms with E-state index in [1.54, 1.807) is 6.08 Å². The molecule has 0 aromatic rings.